The maximum atomic E-state index is 12.2. The molecule has 0 radical (unpaired) electrons. The fraction of sp³-hybridized carbons (Fsp3) is 0.280. The van der Waals surface area contributed by atoms with Crippen molar-refractivity contribution in [3.05, 3.63) is 80.8 Å². The van der Waals surface area contributed by atoms with E-state index in [-0.39, 0.29) is 11.1 Å². The summed E-state index contributed by atoms with van der Waals surface area (Å²) in [5.41, 5.74) is 4.90. The Hall–Kier alpha value is -3.52. The summed E-state index contributed by atoms with van der Waals surface area (Å²) in [6.07, 6.45) is 0. The average molecular weight is 402 g/mol. The molecule has 0 spiro atoms. The molecule has 1 N–H and O–H groups in total. The Balaban J connectivity index is 2.01. The van der Waals surface area contributed by atoms with E-state index in [4.69, 9.17) is 9.47 Å². The van der Waals surface area contributed by atoms with Crippen LogP contribution in [-0.2, 0) is 6.61 Å². The molecule has 1 aromatic heterocycles. The van der Waals surface area contributed by atoms with Gasteiger partial charge in [-0.3, -0.25) is 4.79 Å². The van der Waals surface area contributed by atoms with E-state index in [1.807, 2.05) is 43.3 Å². The van der Waals surface area contributed by atoms with Crippen LogP contribution in [0.4, 0.5) is 0 Å². The smallest absolute Gasteiger partial charge is 0.266 e. The van der Waals surface area contributed by atoms with Crippen molar-refractivity contribution in [3.8, 4) is 28.7 Å². The van der Waals surface area contributed by atoms with Crippen LogP contribution in [0.25, 0.3) is 11.1 Å². The first-order valence-corrected chi connectivity index (χ1v) is 9.88. The second-order valence-electron chi connectivity index (χ2n) is 7.69. The zero-order valence-corrected chi connectivity index (χ0v) is 18.0. The molecule has 2 aromatic carbocycles. The molecule has 1 heterocycles. The van der Waals surface area contributed by atoms with Crippen molar-refractivity contribution in [3.63, 3.8) is 0 Å². The molecule has 0 atom stereocenters. The number of methoxy groups -OCH3 is 1. The molecular weight excluding hydrogens is 376 g/mol. The number of nitrogens with zero attached hydrogens (tertiary/aromatic N) is 1. The minimum atomic E-state index is -0.387. The first kappa shape index (κ1) is 21.2. The number of ether oxygens (including phenoxy) is 2. The number of rotatable bonds is 6. The van der Waals surface area contributed by atoms with Crippen molar-refractivity contribution in [2.24, 2.45) is 0 Å². The Morgan fingerprint density at radius 1 is 1.07 bits per heavy atom. The van der Waals surface area contributed by atoms with Gasteiger partial charge in [0.25, 0.3) is 5.56 Å². The molecule has 0 unspecified atom stereocenters. The zero-order valence-electron chi connectivity index (χ0n) is 18.0. The number of aromatic amines is 1. The number of aromatic nitrogens is 1. The quantitative estimate of drug-likeness (QED) is 0.612. The van der Waals surface area contributed by atoms with Gasteiger partial charge >= 0.3 is 0 Å². The number of pyridine rings is 1. The minimum Gasteiger partial charge on any atom is -0.496 e. The van der Waals surface area contributed by atoms with Crippen LogP contribution in [0.5, 0.6) is 11.5 Å². The molecule has 0 aliphatic carbocycles. The molecule has 0 fully saturated rings. The molecule has 3 aromatic rings. The largest absolute Gasteiger partial charge is 0.496 e. The van der Waals surface area contributed by atoms with Crippen molar-refractivity contribution < 1.29 is 9.47 Å². The molecule has 154 valence electrons. The number of nitrogens with one attached hydrogen (secondary N) is 1. The van der Waals surface area contributed by atoms with Gasteiger partial charge in [0.15, 0.2) is 0 Å². The van der Waals surface area contributed by atoms with E-state index in [9.17, 15) is 10.1 Å². The van der Waals surface area contributed by atoms with Gasteiger partial charge < -0.3 is 14.5 Å². The van der Waals surface area contributed by atoms with Gasteiger partial charge in [-0.2, -0.15) is 5.26 Å². The summed E-state index contributed by atoms with van der Waals surface area (Å²) in [6, 6.07) is 15.7. The second-order valence-corrected chi connectivity index (χ2v) is 7.69. The third-order valence-corrected chi connectivity index (χ3v) is 5.05. The van der Waals surface area contributed by atoms with E-state index < -0.39 is 0 Å². The summed E-state index contributed by atoms with van der Waals surface area (Å²) in [4.78, 5) is 14.9. The Labute approximate surface area is 176 Å². The van der Waals surface area contributed by atoms with Gasteiger partial charge in [0.05, 0.1) is 7.11 Å². The van der Waals surface area contributed by atoms with Gasteiger partial charge in [0.1, 0.15) is 29.7 Å². The van der Waals surface area contributed by atoms with Gasteiger partial charge in [0.2, 0.25) is 0 Å². The Kier molecular flexibility index (Phi) is 6.27. The van der Waals surface area contributed by atoms with Crippen LogP contribution in [0.1, 0.15) is 47.7 Å². The van der Waals surface area contributed by atoms with Gasteiger partial charge in [0, 0.05) is 16.8 Å². The molecule has 0 bridgehead atoms. The third-order valence-electron chi connectivity index (χ3n) is 5.05. The van der Waals surface area contributed by atoms with E-state index in [0.29, 0.717) is 29.5 Å². The monoisotopic (exact) mass is 402 g/mol. The Morgan fingerprint density at radius 3 is 2.50 bits per heavy atom. The Morgan fingerprint density at radius 2 is 1.83 bits per heavy atom. The molecule has 0 saturated heterocycles. The van der Waals surface area contributed by atoms with Crippen molar-refractivity contribution >= 4 is 0 Å². The number of benzene rings is 2. The molecule has 0 aliphatic heterocycles. The van der Waals surface area contributed by atoms with Crippen LogP contribution >= 0.6 is 0 Å². The first-order chi connectivity index (χ1) is 14.3. The molecule has 5 heteroatoms. The molecule has 0 aliphatic rings. The highest BCUT2D eigenvalue weighted by molar-refractivity contribution is 5.71. The number of hydrogen-bond donors (Lipinski definition) is 1. The van der Waals surface area contributed by atoms with Crippen molar-refractivity contribution in [1.82, 2.24) is 4.98 Å². The normalized spacial score (nSPS) is 10.7. The second kappa shape index (κ2) is 8.87. The van der Waals surface area contributed by atoms with Crippen molar-refractivity contribution in [2.45, 2.75) is 40.2 Å². The fourth-order valence-electron chi connectivity index (χ4n) is 3.49. The zero-order chi connectivity index (χ0) is 21.8. The van der Waals surface area contributed by atoms with Crippen LogP contribution in [0.2, 0.25) is 0 Å². The Bertz CT molecular complexity index is 1170. The lowest BCUT2D eigenvalue weighted by atomic mass is 9.98. The molecule has 0 saturated carbocycles. The molecule has 30 heavy (non-hydrogen) atoms. The predicted octanol–water partition coefficient (Wildman–Crippen LogP) is 5.24. The lowest BCUT2D eigenvalue weighted by Crippen LogP contribution is -2.12. The van der Waals surface area contributed by atoms with Crippen LogP contribution < -0.4 is 15.0 Å². The van der Waals surface area contributed by atoms with E-state index in [2.05, 4.69) is 31.0 Å². The summed E-state index contributed by atoms with van der Waals surface area (Å²) in [6.45, 7) is 8.42. The van der Waals surface area contributed by atoms with Crippen LogP contribution in [0, 0.1) is 25.2 Å². The van der Waals surface area contributed by atoms with Crippen molar-refractivity contribution in [1.29, 1.82) is 5.26 Å². The molecular formula is C25H26N2O3. The van der Waals surface area contributed by atoms with Crippen LogP contribution in [-0.4, -0.2) is 12.1 Å². The number of nitriles is 1. The van der Waals surface area contributed by atoms with E-state index >= 15 is 0 Å². The standard InChI is InChI=1S/C25H26N2O3/c1-15(2)20-8-6-16(3)10-24(20)30-14-19-12-18(7-9-23(19)29-5)21-11-17(4)27-25(28)22(21)13-26/h6-12,15H,14H2,1-5H3,(H,27,28). The lowest BCUT2D eigenvalue weighted by Gasteiger charge is -2.17. The summed E-state index contributed by atoms with van der Waals surface area (Å²) in [7, 11) is 1.61. The summed E-state index contributed by atoms with van der Waals surface area (Å²) in [5.74, 6) is 1.88. The van der Waals surface area contributed by atoms with Crippen LogP contribution in [0.3, 0.4) is 0 Å². The van der Waals surface area contributed by atoms with E-state index in [1.165, 1.54) is 0 Å². The van der Waals surface area contributed by atoms with E-state index in [1.54, 1.807) is 14.0 Å². The van der Waals surface area contributed by atoms with Gasteiger partial charge in [-0.1, -0.05) is 32.0 Å². The lowest BCUT2D eigenvalue weighted by molar-refractivity contribution is 0.292. The van der Waals surface area contributed by atoms with Crippen LogP contribution in [0.15, 0.2) is 47.3 Å². The molecule has 5 nitrogen and oxygen atoms in total. The average Bonchev–Trinajstić information content (AvgIpc) is 2.71. The fourth-order valence-corrected chi connectivity index (χ4v) is 3.49. The highest BCUT2D eigenvalue weighted by Crippen LogP contribution is 2.31. The van der Waals surface area contributed by atoms with E-state index in [0.717, 1.165) is 28.0 Å². The maximum absolute atomic E-state index is 12.2. The van der Waals surface area contributed by atoms with Gasteiger partial charge in [-0.25, -0.2) is 0 Å². The molecule has 3 rings (SSSR count). The highest BCUT2D eigenvalue weighted by Gasteiger charge is 2.14. The number of hydrogen-bond acceptors (Lipinski definition) is 4. The summed E-state index contributed by atoms with van der Waals surface area (Å²) >= 11 is 0. The third kappa shape index (κ3) is 4.38. The van der Waals surface area contributed by atoms with Gasteiger partial charge in [-0.05, 0) is 60.7 Å². The summed E-state index contributed by atoms with van der Waals surface area (Å²) in [5, 5.41) is 9.46. The first-order valence-electron chi connectivity index (χ1n) is 9.88. The molecule has 0 amide bonds. The predicted molar refractivity (Wildman–Crippen MR) is 118 cm³/mol. The maximum Gasteiger partial charge on any atom is 0.266 e. The number of aryl methyl sites for hydroxylation is 2. The SMILES string of the molecule is COc1ccc(-c2cc(C)[nH]c(=O)c2C#N)cc1COc1cc(C)ccc1C(C)C. The van der Waals surface area contributed by atoms with Crippen molar-refractivity contribution in [2.75, 3.05) is 7.11 Å². The number of H-pyrrole nitrogens is 1. The highest BCUT2D eigenvalue weighted by atomic mass is 16.5. The van der Waals surface area contributed by atoms with Gasteiger partial charge in [-0.15, -0.1) is 0 Å². The topological polar surface area (TPSA) is 75.1 Å². The summed E-state index contributed by atoms with van der Waals surface area (Å²) < 4.78 is 11.7. The minimum absolute atomic E-state index is 0.0958.